The van der Waals surface area contributed by atoms with Crippen LogP contribution in [0.2, 0.25) is 0 Å². The van der Waals surface area contributed by atoms with E-state index in [1.54, 1.807) is 18.3 Å². The zero-order valence-electron chi connectivity index (χ0n) is 17.3. The number of hydrogen-bond donors (Lipinski definition) is 0. The average Bonchev–Trinajstić information content (AvgIpc) is 2.79. The van der Waals surface area contributed by atoms with Gasteiger partial charge in [-0.3, -0.25) is 9.78 Å². The van der Waals surface area contributed by atoms with Gasteiger partial charge in [-0.05, 0) is 49.6 Å². The highest BCUT2D eigenvalue weighted by Gasteiger charge is 2.34. The van der Waals surface area contributed by atoms with Gasteiger partial charge in [0, 0.05) is 63.3 Å². The maximum Gasteiger partial charge on any atom is 0.244 e. The Hall–Kier alpha value is -2.45. The summed E-state index contributed by atoms with van der Waals surface area (Å²) in [6.07, 6.45) is 4.07. The molecule has 2 aromatic rings. The number of nitrogens with zero attached hydrogens (tertiary/aromatic N) is 4. The minimum atomic E-state index is -3.54. The molecule has 0 saturated carbocycles. The van der Waals surface area contributed by atoms with Crippen LogP contribution in [0.25, 0.3) is 0 Å². The van der Waals surface area contributed by atoms with Crippen molar-refractivity contribution in [3.8, 4) is 0 Å². The number of amides is 1. The lowest BCUT2D eigenvalue weighted by molar-refractivity contribution is -0.137. The van der Waals surface area contributed by atoms with E-state index in [-0.39, 0.29) is 16.7 Å². The molecule has 4 rings (SSSR count). The molecule has 0 bridgehead atoms. The van der Waals surface area contributed by atoms with Crippen LogP contribution in [-0.4, -0.2) is 67.8 Å². The first-order valence-electron chi connectivity index (χ1n) is 10.5. The number of carbonyl (C=O) groups excluding carboxylic acids is 1. The molecule has 0 unspecified atom stereocenters. The molecular formula is C22H28N4O3S. The van der Waals surface area contributed by atoms with Crippen molar-refractivity contribution >= 4 is 21.6 Å². The minimum Gasteiger partial charge on any atom is -0.368 e. The van der Waals surface area contributed by atoms with E-state index in [1.807, 2.05) is 4.90 Å². The van der Waals surface area contributed by atoms with E-state index in [9.17, 15) is 13.2 Å². The molecule has 0 atom stereocenters. The number of aromatic nitrogens is 1. The van der Waals surface area contributed by atoms with Gasteiger partial charge in [0.1, 0.15) is 4.90 Å². The van der Waals surface area contributed by atoms with Crippen LogP contribution in [0.3, 0.4) is 0 Å². The number of carbonyl (C=O) groups is 1. The third kappa shape index (κ3) is 4.34. The van der Waals surface area contributed by atoms with Gasteiger partial charge >= 0.3 is 0 Å². The Labute approximate surface area is 178 Å². The Morgan fingerprint density at radius 1 is 1.00 bits per heavy atom. The molecule has 2 aliphatic rings. The highest BCUT2D eigenvalue weighted by atomic mass is 32.2. The van der Waals surface area contributed by atoms with Crippen LogP contribution < -0.4 is 4.90 Å². The molecule has 3 heterocycles. The maximum atomic E-state index is 13.0. The lowest BCUT2D eigenvalue weighted by Gasteiger charge is -2.39. The minimum absolute atomic E-state index is 0.101. The molecule has 0 aliphatic carbocycles. The van der Waals surface area contributed by atoms with Gasteiger partial charge in [-0.15, -0.1) is 0 Å². The zero-order chi connectivity index (χ0) is 21.1. The van der Waals surface area contributed by atoms with Gasteiger partial charge in [0.15, 0.2) is 0 Å². The van der Waals surface area contributed by atoms with Crippen molar-refractivity contribution in [3.63, 3.8) is 0 Å². The number of hydrogen-bond acceptors (Lipinski definition) is 5. The van der Waals surface area contributed by atoms with Crippen molar-refractivity contribution < 1.29 is 13.2 Å². The lowest BCUT2D eigenvalue weighted by atomic mass is 9.96. The molecule has 1 aromatic carbocycles. The van der Waals surface area contributed by atoms with Gasteiger partial charge in [0.25, 0.3) is 0 Å². The second-order valence-electron chi connectivity index (χ2n) is 8.02. The van der Waals surface area contributed by atoms with Crippen LogP contribution in [0, 0.1) is 12.8 Å². The molecule has 30 heavy (non-hydrogen) atoms. The summed E-state index contributed by atoms with van der Waals surface area (Å²) in [5.74, 6) is 0.0631. The standard InChI is InChI=1S/C22H28N4O3S/c1-18-4-2-5-20(16-18)24-12-14-25(15-13-24)22(27)19-7-10-26(11-8-19)30(28,29)21-6-3-9-23-17-21/h2-6,9,16-17,19H,7-8,10-15H2,1H3. The Morgan fingerprint density at radius 3 is 2.37 bits per heavy atom. The summed E-state index contributed by atoms with van der Waals surface area (Å²) in [6.45, 7) is 5.90. The van der Waals surface area contributed by atoms with Crippen LogP contribution in [0.15, 0.2) is 53.7 Å². The smallest absolute Gasteiger partial charge is 0.244 e. The molecule has 7 nitrogen and oxygen atoms in total. The van der Waals surface area contributed by atoms with Crippen molar-refractivity contribution in [1.29, 1.82) is 0 Å². The molecule has 1 aromatic heterocycles. The number of aryl methyl sites for hydroxylation is 1. The van der Waals surface area contributed by atoms with Crippen LogP contribution in [-0.2, 0) is 14.8 Å². The molecule has 2 fully saturated rings. The van der Waals surface area contributed by atoms with Crippen LogP contribution in [0.4, 0.5) is 5.69 Å². The number of piperidine rings is 1. The van der Waals surface area contributed by atoms with Gasteiger partial charge in [-0.25, -0.2) is 8.42 Å². The SMILES string of the molecule is Cc1cccc(N2CCN(C(=O)C3CCN(S(=O)(=O)c4cccnc4)CC3)CC2)c1. The molecule has 0 radical (unpaired) electrons. The first kappa shape index (κ1) is 20.8. The number of rotatable bonds is 4. The molecular weight excluding hydrogens is 400 g/mol. The van der Waals surface area contributed by atoms with Crippen molar-refractivity contribution in [2.24, 2.45) is 5.92 Å². The molecule has 160 valence electrons. The first-order valence-corrected chi connectivity index (χ1v) is 11.9. The van der Waals surface area contributed by atoms with Crippen molar-refractivity contribution in [2.45, 2.75) is 24.7 Å². The molecule has 8 heteroatoms. The van der Waals surface area contributed by atoms with E-state index in [0.29, 0.717) is 39.0 Å². The fourth-order valence-corrected chi connectivity index (χ4v) is 5.69. The fraction of sp³-hybridized carbons (Fsp3) is 0.455. The Balaban J connectivity index is 1.31. The van der Waals surface area contributed by atoms with E-state index in [2.05, 4.69) is 41.1 Å². The number of sulfonamides is 1. The molecule has 2 saturated heterocycles. The summed E-state index contributed by atoms with van der Waals surface area (Å²) < 4.78 is 27.0. The van der Waals surface area contributed by atoms with Gasteiger partial charge in [0.05, 0.1) is 0 Å². The third-order valence-corrected chi connectivity index (χ3v) is 7.92. The van der Waals surface area contributed by atoms with Gasteiger partial charge < -0.3 is 9.80 Å². The number of pyridine rings is 1. The molecule has 0 N–H and O–H groups in total. The van der Waals surface area contributed by atoms with Gasteiger partial charge in [-0.2, -0.15) is 4.31 Å². The van der Waals surface area contributed by atoms with Crippen molar-refractivity contribution in [3.05, 3.63) is 54.4 Å². The normalized spacial score (nSPS) is 19.1. The monoisotopic (exact) mass is 428 g/mol. The maximum absolute atomic E-state index is 13.0. The molecule has 0 spiro atoms. The Kier molecular flexibility index (Phi) is 6.06. The Morgan fingerprint density at radius 2 is 1.73 bits per heavy atom. The van der Waals surface area contributed by atoms with E-state index in [4.69, 9.17) is 0 Å². The average molecular weight is 429 g/mol. The number of piperazine rings is 1. The Bertz CT molecular complexity index is 980. The summed E-state index contributed by atoms with van der Waals surface area (Å²) in [5.41, 5.74) is 2.44. The van der Waals surface area contributed by atoms with Gasteiger partial charge in [0.2, 0.25) is 15.9 Å². The predicted molar refractivity (Wildman–Crippen MR) is 116 cm³/mol. The predicted octanol–water partition coefficient (Wildman–Crippen LogP) is 2.14. The number of anilines is 1. The summed E-state index contributed by atoms with van der Waals surface area (Å²) >= 11 is 0. The van der Waals surface area contributed by atoms with Crippen LogP contribution in [0.1, 0.15) is 18.4 Å². The second-order valence-corrected chi connectivity index (χ2v) is 9.96. The first-order chi connectivity index (χ1) is 14.4. The van der Waals surface area contributed by atoms with Crippen LogP contribution >= 0.6 is 0 Å². The summed E-state index contributed by atoms with van der Waals surface area (Å²) in [7, 11) is -3.54. The lowest BCUT2D eigenvalue weighted by Crippen LogP contribution is -2.52. The summed E-state index contributed by atoms with van der Waals surface area (Å²) in [4.78, 5) is 21.4. The topological polar surface area (TPSA) is 73.8 Å². The van der Waals surface area contributed by atoms with Gasteiger partial charge in [-0.1, -0.05) is 12.1 Å². The quantitative estimate of drug-likeness (QED) is 0.746. The largest absolute Gasteiger partial charge is 0.368 e. The van der Waals surface area contributed by atoms with E-state index < -0.39 is 10.0 Å². The highest BCUT2D eigenvalue weighted by Crippen LogP contribution is 2.26. The highest BCUT2D eigenvalue weighted by molar-refractivity contribution is 7.89. The molecule has 1 amide bonds. The molecule has 2 aliphatic heterocycles. The second kappa shape index (κ2) is 8.73. The van der Waals surface area contributed by atoms with E-state index in [0.717, 1.165) is 13.1 Å². The zero-order valence-corrected chi connectivity index (χ0v) is 18.1. The summed E-state index contributed by atoms with van der Waals surface area (Å²) in [6, 6.07) is 11.6. The fourth-order valence-electron chi connectivity index (χ4n) is 4.26. The number of benzene rings is 1. The van der Waals surface area contributed by atoms with E-state index in [1.165, 1.54) is 21.8 Å². The summed E-state index contributed by atoms with van der Waals surface area (Å²) in [5, 5.41) is 0. The third-order valence-electron chi connectivity index (χ3n) is 6.03. The van der Waals surface area contributed by atoms with Crippen LogP contribution in [0.5, 0.6) is 0 Å². The van der Waals surface area contributed by atoms with Crippen molar-refractivity contribution in [2.75, 3.05) is 44.2 Å². The van der Waals surface area contributed by atoms with E-state index >= 15 is 0 Å². The van der Waals surface area contributed by atoms with Crippen molar-refractivity contribution in [1.82, 2.24) is 14.2 Å².